The third-order valence-electron chi connectivity index (χ3n) is 2.25. The molecule has 0 aliphatic carbocycles. The number of methoxy groups -OCH3 is 1. The molecule has 0 atom stereocenters. The van der Waals surface area contributed by atoms with Gasteiger partial charge in [0.25, 0.3) is 0 Å². The van der Waals surface area contributed by atoms with Crippen LogP contribution in [0.3, 0.4) is 0 Å². The smallest absolute Gasteiger partial charge is 0.319 e. The number of likely N-dealkylation sites (N-methyl/N-ethyl adjacent to an activating group) is 1. The number of carbonyl (C=O) groups is 2. The summed E-state index contributed by atoms with van der Waals surface area (Å²) in [6.45, 7) is 4.92. The van der Waals surface area contributed by atoms with Crippen LogP contribution in [-0.2, 0) is 20.9 Å². The summed E-state index contributed by atoms with van der Waals surface area (Å²) in [6, 6.07) is 0. The fourth-order valence-corrected chi connectivity index (χ4v) is 2.09. The molecule has 1 rings (SSSR count). The Bertz CT molecular complexity index is 419. The normalized spacial score (nSPS) is 10.4. The first-order valence-corrected chi connectivity index (χ1v) is 6.44. The topological polar surface area (TPSA) is 71.5 Å². The van der Waals surface area contributed by atoms with E-state index < -0.39 is 0 Å². The van der Waals surface area contributed by atoms with Crippen molar-refractivity contribution in [1.29, 1.82) is 0 Å². The van der Waals surface area contributed by atoms with Crippen LogP contribution in [0.2, 0.25) is 0 Å². The number of rotatable bonds is 6. The summed E-state index contributed by atoms with van der Waals surface area (Å²) in [5.41, 5.74) is 0.828. The molecule has 0 radical (unpaired) electrons. The molecule has 6 nitrogen and oxygen atoms in total. The molecule has 0 saturated heterocycles. The maximum absolute atomic E-state index is 11.2. The summed E-state index contributed by atoms with van der Waals surface area (Å²) in [4.78, 5) is 28.2. The second-order valence-electron chi connectivity index (χ2n) is 3.70. The number of esters is 1. The van der Waals surface area contributed by atoms with Gasteiger partial charge in [-0.3, -0.25) is 14.5 Å². The first-order valence-electron chi connectivity index (χ1n) is 5.56. The molecule has 1 N–H and O–H groups in total. The van der Waals surface area contributed by atoms with Gasteiger partial charge in [-0.2, -0.15) is 0 Å². The first-order chi connectivity index (χ1) is 8.55. The molecule has 18 heavy (non-hydrogen) atoms. The minimum atomic E-state index is -0.269. The molecular formula is C11H17N3O3S. The van der Waals surface area contributed by atoms with Crippen LogP contribution >= 0.6 is 11.3 Å². The number of nitrogens with zero attached hydrogens (tertiary/aromatic N) is 2. The summed E-state index contributed by atoms with van der Waals surface area (Å²) < 4.78 is 4.62. The zero-order valence-electron chi connectivity index (χ0n) is 10.7. The summed E-state index contributed by atoms with van der Waals surface area (Å²) >= 11 is 1.37. The van der Waals surface area contributed by atoms with E-state index in [0.29, 0.717) is 11.7 Å². The number of anilines is 1. The standard InChI is InChI=1S/C11H17N3O3S/c1-4-14(6-10(16)17-3)5-9-7-18-11(13-9)12-8(2)15/h7H,4-6H2,1-3H3,(H,12,13,15). The Kier molecular flexibility index (Phi) is 5.73. The van der Waals surface area contributed by atoms with E-state index in [9.17, 15) is 9.59 Å². The third-order valence-corrected chi connectivity index (χ3v) is 3.05. The van der Waals surface area contributed by atoms with Crippen molar-refractivity contribution in [3.05, 3.63) is 11.1 Å². The summed E-state index contributed by atoms with van der Waals surface area (Å²) in [5, 5.41) is 5.07. The van der Waals surface area contributed by atoms with Gasteiger partial charge in [-0.15, -0.1) is 11.3 Å². The lowest BCUT2D eigenvalue weighted by atomic mass is 10.4. The van der Waals surface area contributed by atoms with Gasteiger partial charge in [-0.05, 0) is 6.54 Å². The zero-order valence-corrected chi connectivity index (χ0v) is 11.5. The van der Waals surface area contributed by atoms with Gasteiger partial charge in [0.2, 0.25) is 5.91 Å². The summed E-state index contributed by atoms with van der Waals surface area (Å²) in [5.74, 6) is -0.410. The fraction of sp³-hybridized carbons (Fsp3) is 0.545. The molecule has 0 aliphatic heterocycles. The second-order valence-corrected chi connectivity index (χ2v) is 4.56. The molecule has 1 amide bonds. The molecule has 0 unspecified atom stereocenters. The average Bonchev–Trinajstić information content (AvgIpc) is 2.74. The minimum Gasteiger partial charge on any atom is -0.468 e. The molecule has 7 heteroatoms. The molecule has 0 saturated carbocycles. The van der Waals surface area contributed by atoms with Gasteiger partial charge in [0.1, 0.15) is 0 Å². The predicted octanol–water partition coefficient (Wildman–Crippen LogP) is 1.10. The van der Waals surface area contributed by atoms with Crippen LogP contribution in [0.1, 0.15) is 19.5 Å². The SMILES string of the molecule is CCN(CC(=O)OC)Cc1csc(NC(C)=O)n1. The van der Waals surface area contributed by atoms with E-state index in [4.69, 9.17) is 0 Å². The van der Waals surface area contributed by atoms with Crippen LogP contribution in [0.4, 0.5) is 5.13 Å². The maximum Gasteiger partial charge on any atom is 0.319 e. The zero-order chi connectivity index (χ0) is 13.5. The molecule has 0 aromatic carbocycles. The molecule has 1 aromatic rings. The summed E-state index contributed by atoms with van der Waals surface area (Å²) in [6.07, 6.45) is 0. The van der Waals surface area contributed by atoms with Gasteiger partial charge in [0, 0.05) is 18.8 Å². The highest BCUT2D eigenvalue weighted by Gasteiger charge is 2.12. The second kappa shape index (κ2) is 7.07. The van der Waals surface area contributed by atoms with Crippen LogP contribution in [0, 0.1) is 0 Å². The quantitative estimate of drug-likeness (QED) is 0.784. The molecule has 100 valence electrons. The molecule has 0 aliphatic rings. The van der Waals surface area contributed by atoms with Crippen molar-refractivity contribution in [1.82, 2.24) is 9.88 Å². The number of hydrogen-bond donors (Lipinski definition) is 1. The number of hydrogen-bond acceptors (Lipinski definition) is 6. The van der Waals surface area contributed by atoms with Crippen molar-refractivity contribution in [3.8, 4) is 0 Å². The van der Waals surface area contributed by atoms with Crippen molar-refractivity contribution in [3.63, 3.8) is 0 Å². The third kappa shape index (κ3) is 4.80. The van der Waals surface area contributed by atoms with Gasteiger partial charge in [-0.1, -0.05) is 6.92 Å². The van der Waals surface area contributed by atoms with Crippen LogP contribution in [0.5, 0.6) is 0 Å². The highest BCUT2D eigenvalue weighted by atomic mass is 32.1. The van der Waals surface area contributed by atoms with E-state index in [1.165, 1.54) is 25.4 Å². The van der Waals surface area contributed by atoms with Gasteiger partial charge in [0.15, 0.2) is 5.13 Å². The van der Waals surface area contributed by atoms with E-state index in [1.54, 1.807) is 0 Å². The monoisotopic (exact) mass is 271 g/mol. The lowest BCUT2D eigenvalue weighted by molar-refractivity contribution is -0.142. The van der Waals surface area contributed by atoms with Gasteiger partial charge in [0.05, 0.1) is 19.3 Å². The highest BCUT2D eigenvalue weighted by Crippen LogP contribution is 2.16. The van der Waals surface area contributed by atoms with Crippen molar-refractivity contribution >= 4 is 28.3 Å². The number of thiazole rings is 1. The van der Waals surface area contributed by atoms with Crippen LogP contribution < -0.4 is 5.32 Å². The largest absolute Gasteiger partial charge is 0.468 e. The summed E-state index contributed by atoms with van der Waals surface area (Å²) in [7, 11) is 1.37. The first kappa shape index (κ1) is 14.6. The molecule has 0 bridgehead atoms. The highest BCUT2D eigenvalue weighted by molar-refractivity contribution is 7.13. The number of amides is 1. The Balaban J connectivity index is 2.56. The van der Waals surface area contributed by atoms with E-state index >= 15 is 0 Å². The Morgan fingerprint density at radius 3 is 2.83 bits per heavy atom. The van der Waals surface area contributed by atoms with Crippen molar-refractivity contribution in [2.24, 2.45) is 0 Å². The average molecular weight is 271 g/mol. The minimum absolute atomic E-state index is 0.141. The number of ether oxygens (including phenoxy) is 1. The van der Waals surface area contributed by atoms with E-state index in [2.05, 4.69) is 15.0 Å². The number of aromatic nitrogens is 1. The van der Waals surface area contributed by atoms with Crippen molar-refractivity contribution in [2.75, 3.05) is 25.5 Å². The molecule has 1 aromatic heterocycles. The maximum atomic E-state index is 11.2. The Labute approximate surface area is 110 Å². The Morgan fingerprint density at radius 2 is 2.28 bits per heavy atom. The lowest BCUT2D eigenvalue weighted by Gasteiger charge is -2.17. The van der Waals surface area contributed by atoms with E-state index in [-0.39, 0.29) is 18.4 Å². The van der Waals surface area contributed by atoms with E-state index in [0.717, 1.165) is 12.2 Å². The van der Waals surface area contributed by atoms with Gasteiger partial charge in [-0.25, -0.2) is 4.98 Å². The van der Waals surface area contributed by atoms with Crippen LogP contribution in [-0.4, -0.2) is 42.0 Å². The Morgan fingerprint density at radius 1 is 1.56 bits per heavy atom. The molecule has 0 fully saturated rings. The van der Waals surface area contributed by atoms with Gasteiger partial charge >= 0.3 is 5.97 Å². The van der Waals surface area contributed by atoms with E-state index in [1.807, 2.05) is 17.2 Å². The fourth-order valence-electron chi connectivity index (χ4n) is 1.34. The molecular weight excluding hydrogens is 254 g/mol. The van der Waals surface area contributed by atoms with Crippen LogP contribution in [0.25, 0.3) is 0 Å². The molecule has 1 heterocycles. The van der Waals surface area contributed by atoms with Crippen molar-refractivity contribution in [2.45, 2.75) is 20.4 Å². The number of nitrogens with one attached hydrogen (secondary N) is 1. The van der Waals surface area contributed by atoms with Gasteiger partial charge < -0.3 is 10.1 Å². The number of carbonyl (C=O) groups excluding carboxylic acids is 2. The molecule has 0 spiro atoms. The lowest BCUT2D eigenvalue weighted by Crippen LogP contribution is -2.30. The van der Waals surface area contributed by atoms with Crippen molar-refractivity contribution < 1.29 is 14.3 Å². The Hall–Kier alpha value is -1.47. The van der Waals surface area contributed by atoms with Crippen LogP contribution in [0.15, 0.2) is 5.38 Å². The predicted molar refractivity (Wildman–Crippen MR) is 69.4 cm³/mol.